The molecule has 8 nitrogen and oxygen atoms in total. The molecule has 4 aromatic carbocycles. The molecule has 204 valence electrons. The van der Waals surface area contributed by atoms with Gasteiger partial charge >= 0.3 is 19.5 Å². The zero-order valence-corrected chi connectivity index (χ0v) is 27.0. The maximum atomic E-state index is 11.7. The Labute approximate surface area is 268 Å². The van der Waals surface area contributed by atoms with Crippen molar-refractivity contribution >= 4 is 70.6 Å². The van der Waals surface area contributed by atoms with Gasteiger partial charge in [-0.25, -0.2) is 10.9 Å². The van der Waals surface area contributed by atoms with Crippen LogP contribution >= 0.6 is 46.4 Å². The van der Waals surface area contributed by atoms with E-state index in [1.165, 1.54) is 36.7 Å². The summed E-state index contributed by atoms with van der Waals surface area (Å²) in [6.07, 6.45) is 2.42. The summed E-state index contributed by atoms with van der Waals surface area (Å²) in [4.78, 5) is 23.4. The summed E-state index contributed by atoms with van der Waals surface area (Å²) in [7, 11) is 0. The first-order chi connectivity index (χ1) is 19.2. The Morgan fingerprint density at radius 1 is 0.610 bits per heavy atom. The molecular formula is C28H18Cl4N4O4Zn. The SMILES string of the molecule is O=C(N/N=C\c1cc(Cl)cc(Cl)c1[O-])c1ccccc1.O=C(N/N=C\c1cc(Cl)cc(Cl)c1[O-])c1ccccc1.[Zn+2]. The first-order valence-corrected chi connectivity index (χ1v) is 12.8. The zero-order valence-electron chi connectivity index (χ0n) is 21.0. The summed E-state index contributed by atoms with van der Waals surface area (Å²) in [6, 6.07) is 22.7. The van der Waals surface area contributed by atoms with Gasteiger partial charge in [-0.15, -0.1) is 0 Å². The summed E-state index contributed by atoms with van der Waals surface area (Å²) in [6.45, 7) is 0. The van der Waals surface area contributed by atoms with E-state index in [9.17, 15) is 19.8 Å². The van der Waals surface area contributed by atoms with E-state index < -0.39 is 11.5 Å². The monoisotopic (exact) mass is 678 g/mol. The molecule has 0 aliphatic heterocycles. The van der Waals surface area contributed by atoms with Gasteiger partial charge in [0.1, 0.15) is 0 Å². The normalized spacial score (nSPS) is 10.4. The van der Waals surface area contributed by atoms with Crippen molar-refractivity contribution in [2.75, 3.05) is 0 Å². The number of carbonyl (C=O) groups excluding carboxylic acids is 2. The van der Waals surface area contributed by atoms with E-state index in [0.29, 0.717) is 21.2 Å². The fraction of sp³-hybridized carbons (Fsp3) is 0. The second-order valence-corrected chi connectivity index (χ2v) is 9.43. The topological polar surface area (TPSA) is 129 Å². The van der Waals surface area contributed by atoms with E-state index in [0.717, 1.165) is 0 Å². The van der Waals surface area contributed by atoms with Crippen molar-refractivity contribution in [1.29, 1.82) is 0 Å². The third kappa shape index (κ3) is 10.5. The Kier molecular flexibility index (Phi) is 13.8. The Morgan fingerprint density at radius 2 is 0.951 bits per heavy atom. The van der Waals surface area contributed by atoms with Gasteiger partial charge in [0.05, 0.1) is 12.4 Å². The quantitative estimate of drug-likeness (QED) is 0.155. The standard InChI is InChI=1S/2C14H10Cl2N2O2.Zn/c2*15-11-6-10(13(19)12(16)7-11)8-17-18-14(20)9-4-2-1-3-5-9;/h2*1-8,19H,(H,18,20);/q;;+2/p-2/b2*17-8-;. The van der Waals surface area contributed by atoms with Crippen LogP contribution in [0.1, 0.15) is 31.8 Å². The summed E-state index contributed by atoms with van der Waals surface area (Å²) in [5.74, 6) is -1.53. The van der Waals surface area contributed by atoms with E-state index in [1.54, 1.807) is 60.7 Å². The van der Waals surface area contributed by atoms with Crippen LogP contribution in [0.3, 0.4) is 0 Å². The molecule has 0 saturated heterocycles. The second kappa shape index (κ2) is 16.7. The third-order valence-electron chi connectivity index (χ3n) is 4.89. The molecule has 2 N–H and O–H groups in total. The molecule has 0 unspecified atom stereocenters. The summed E-state index contributed by atoms with van der Waals surface area (Å²) < 4.78 is 0. The molecule has 0 saturated carbocycles. The van der Waals surface area contributed by atoms with Gasteiger partial charge in [0.25, 0.3) is 11.8 Å². The van der Waals surface area contributed by atoms with Gasteiger partial charge in [0.2, 0.25) is 0 Å². The molecule has 0 fully saturated rings. The van der Waals surface area contributed by atoms with Crippen LogP contribution in [-0.4, -0.2) is 24.2 Å². The maximum Gasteiger partial charge on any atom is 2.00 e. The predicted molar refractivity (Wildman–Crippen MR) is 155 cm³/mol. The second-order valence-electron chi connectivity index (χ2n) is 7.74. The van der Waals surface area contributed by atoms with Crippen LogP contribution in [0.25, 0.3) is 0 Å². The Bertz CT molecular complexity index is 1440. The smallest absolute Gasteiger partial charge is 0.871 e. The Hall–Kier alpha value is -3.46. The number of nitrogens with zero attached hydrogens (tertiary/aromatic N) is 2. The van der Waals surface area contributed by atoms with Gasteiger partial charge < -0.3 is 10.2 Å². The van der Waals surface area contributed by atoms with E-state index in [1.807, 2.05) is 0 Å². The van der Waals surface area contributed by atoms with Crippen molar-refractivity contribution in [1.82, 2.24) is 10.9 Å². The molecule has 2 amide bonds. The molecule has 0 bridgehead atoms. The average molecular weight is 682 g/mol. The van der Waals surface area contributed by atoms with E-state index in [2.05, 4.69) is 21.1 Å². The molecule has 0 spiro atoms. The van der Waals surface area contributed by atoms with Crippen LogP contribution in [0.5, 0.6) is 11.5 Å². The van der Waals surface area contributed by atoms with Crippen molar-refractivity contribution in [3.63, 3.8) is 0 Å². The molecular weight excluding hydrogens is 664 g/mol. The zero-order chi connectivity index (χ0) is 29.1. The summed E-state index contributed by atoms with van der Waals surface area (Å²) in [5, 5.41) is 31.4. The van der Waals surface area contributed by atoms with Gasteiger partial charge in [-0.05, 0) is 59.7 Å². The Morgan fingerprint density at radius 3 is 1.29 bits per heavy atom. The molecule has 0 atom stereocenters. The van der Waals surface area contributed by atoms with Crippen LogP contribution in [-0.2, 0) is 19.5 Å². The van der Waals surface area contributed by atoms with Crippen molar-refractivity contribution < 1.29 is 39.3 Å². The van der Waals surface area contributed by atoms with Crippen molar-refractivity contribution in [3.05, 3.63) is 127 Å². The van der Waals surface area contributed by atoms with Gasteiger partial charge in [-0.2, -0.15) is 10.2 Å². The minimum atomic E-state index is -0.395. The van der Waals surface area contributed by atoms with Crippen molar-refractivity contribution in [2.24, 2.45) is 10.2 Å². The van der Waals surface area contributed by atoms with Gasteiger partial charge in [-0.1, -0.05) is 94.3 Å². The van der Waals surface area contributed by atoms with Crippen LogP contribution in [0.4, 0.5) is 0 Å². The molecule has 13 heteroatoms. The molecule has 41 heavy (non-hydrogen) atoms. The van der Waals surface area contributed by atoms with Gasteiger partial charge in [0.15, 0.2) is 0 Å². The Balaban J connectivity index is 0.000000280. The molecule has 0 aliphatic carbocycles. The number of benzene rings is 4. The van der Waals surface area contributed by atoms with Crippen LogP contribution in [0.15, 0.2) is 95.1 Å². The number of hydrazone groups is 2. The van der Waals surface area contributed by atoms with Crippen molar-refractivity contribution in [2.45, 2.75) is 0 Å². The molecule has 0 aliphatic rings. The summed E-state index contributed by atoms with van der Waals surface area (Å²) >= 11 is 23.0. The van der Waals surface area contributed by atoms with E-state index >= 15 is 0 Å². The fourth-order valence-electron chi connectivity index (χ4n) is 2.98. The average Bonchev–Trinajstić information content (AvgIpc) is 2.95. The molecule has 0 aromatic heterocycles. The van der Waals surface area contributed by atoms with Gasteiger partial charge in [-0.3, -0.25) is 9.59 Å². The fourth-order valence-corrected chi connectivity index (χ4v) is 4.00. The van der Waals surface area contributed by atoms with Crippen LogP contribution in [0.2, 0.25) is 20.1 Å². The first kappa shape index (κ1) is 33.7. The number of rotatable bonds is 6. The minimum absolute atomic E-state index is 0. The first-order valence-electron chi connectivity index (χ1n) is 11.2. The molecule has 4 rings (SSSR count). The molecule has 0 radical (unpaired) electrons. The van der Waals surface area contributed by atoms with E-state index in [-0.39, 0.29) is 52.5 Å². The van der Waals surface area contributed by atoms with E-state index in [4.69, 9.17) is 46.4 Å². The number of hydrogen-bond donors (Lipinski definition) is 2. The number of amides is 2. The molecule has 0 heterocycles. The third-order valence-corrected chi connectivity index (χ3v) is 5.88. The number of carbonyl (C=O) groups is 2. The minimum Gasteiger partial charge on any atom is -0.871 e. The number of nitrogens with one attached hydrogen (secondary N) is 2. The van der Waals surface area contributed by atoms with Crippen LogP contribution < -0.4 is 21.1 Å². The molecule has 4 aromatic rings. The van der Waals surface area contributed by atoms with Gasteiger partial charge in [0, 0.05) is 31.2 Å². The maximum absolute atomic E-state index is 11.7. The van der Waals surface area contributed by atoms with Crippen molar-refractivity contribution in [3.8, 4) is 11.5 Å². The number of halogens is 4. The summed E-state index contributed by atoms with van der Waals surface area (Å²) in [5.41, 5.74) is 5.98. The number of hydrogen-bond acceptors (Lipinski definition) is 6. The predicted octanol–water partition coefficient (Wildman–Crippen LogP) is 5.66. The van der Waals surface area contributed by atoms with Crippen LogP contribution in [0, 0.1) is 0 Å². The largest absolute Gasteiger partial charge is 2.00 e.